The van der Waals surface area contributed by atoms with Crippen LogP contribution in [-0.2, 0) is 10.0 Å². The highest BCUT2D eigenvalue weighted by Crippen LogP contribution is 2.18. The van der Waals surface area contributed by atoms with E-state index in [1.54, 1.807) is 13.8 Å². The molecule has 0 aromatic carbocycles. The highest BCUT2D eigenvalue weighted by molar-refractivity contribution is 7.89. The molecule has 1 unspecified atom stereocenters. The Kier molecular flexibility index (Phi) is 3.51. The van der Waals surface area contributed by atoms with E-state index in [1.165, 1.54) is 0 Å². The SMILES string of the molecule is CCC(C)NS(=O)(=O)c1c(C)noc1C. The molecule has 1 rings (SSSR count). The number of nitrogens with zero attached hydrogens (tertiary/aromatic N) is 1. The number of sulfonamides is 1. The molecule has 0 aliphatic rings. The molecule has 5 nitrogen and oxygen atoms in total. The molecule has 0 spiro atoms. The van der Waals surface area contributed by atoms with Gasteiger partial charge in [-0.25, -0.2) is 13.1 Å². The fraction of sp³-hybridized carbons (Fsp3) is 0.667. The summed E-state index contributed by atoms with van der Waals surface area (Å²) in [7, 11) is -3.50. The van der Waals surface area contributed by atoms with Crippen molar-refractivity contribution in [2.45, 2.75) is 45.1 Å². The molecule has 15 heavy (non-hydrogen) atoms. The van der Waals surface area contributed by atoms with Crippen LogP contribution in [0.4, 0.5) is 0 Å². The van der Waals surface area contributed by atoms with E-state index in [9.17, 15) is 8.42 Å². The smallest absolute Gasteiger partial charge is 0.246 e. The van der Waals surface area contributed by atoms with Crippen molar-refractivity contribution < 1.29 is 12.9 Å². The quantitative estimate of drug-likeness (QED) is 0.851. The molecule has 1 aromatic rings. The molecule has 0 aliphatic carbocycles. The first-order valence-electron chi connectivity index (χ1n) is 4.83. The minimum absolute atomic E-state index is 0.0938. The van der Waals surface area contributed by atoms with Gasteiger partial charge in [-0.15, -0.1) is 0 Å². The number of nitrogens with one attached hydrogen (secondary N) is 1. The third-order valence-corrected chi connectivity index (χ3v) is 4.04. The average Bonchev–Trinajstić information content (AvgIpc) is 2.45. The molecule has 0 saturated heterocycles. The summed E-state index contributed by atoms with van der Waals surface area (Å²) in [5.41, 5.74) is 0.392. The van der Waals surface area contributed by atoms with E-state index in [0.717, 1.165) is 6.42 Å². The maximum absolute atomic E-state index is 11.9. The van der Waals surface area contributed by atoms with Gasteiger partial charge in [0, 0.05) is 6.04 Å². The van der Waals surface area contributed by atoms with Crippen molar-refractivity contribution >= 4 is 10.0 Å². The third kappa shape index (κ3) is 2.57. The molecule has 0 fully saturated rings. The van der Waals surface area contributed by atoms with E-state index < -0.39 is 10.0 Å². The van der Waals surface area contributed by atoms with Crippen LogP contribution in [-0.4, -0.2) is 19.6 Å². The number of hydrogen-bond acceptors (Lipinski definition) is 4. The Bertz CT molecular complexity index is 417. The van der Waals surface area contributed by atoms with Gasteiger partial charge in [-0.1, -0.05) is 12.1 Å². The Hall–Kier alpha value is -0.880. The van der Waals surface area contributed by atoms with Crippen LogP contribution >= 0.6 is 0 Å². The average molecular weight is 232 g/mol. The van der Waals surface area contributed by atoms with Crippen LogP contribution in [0.2, 0.25) is 0 Å². The second kappa shape index (κ2) is 4.32. The van der Waals surface area contributed by atoms with Crippen LogP contribution < -0.4 is 4.72 Å². The predicted molar refractivity (Wildman–Crippen MR) is 56.1 cm³/mol. The van der Waals surface area contributed by atoms with Crippen molar-refractivity contribution in [3.63, 3.8) is 0 Å². The lowest BCUT2D eigenvalue weighted by Gasteiger charge is -2.11. The zero-order valence-electron chi connectivity index (χ0n) is 9.36. The first kappa shape index (κ1) is 12.2. The van der Waals surface area contributed by atoms with Gasteiger partial charge in [-0.3, -0.25) is 0 Å². The van der Waals surface area contributed by atoms with Crippen LogP contribution in [0, 0.1) is 13.8 Å². The summed E-state index contributed by atoms with van der Waals surface area (Å²) in [6, 6.07) is -0.0938. The van der Waals surface area contributed by atoms with Crippen LogP contribution in [0.25, 0.3) is 0 Å². The standard InChI is InChI=1S/C9H16N2O3S/c1-5-6(2)11-15(12,13)9-7(3)10-14-8(9)4/h6,11H,5H2,1-4H3. The van der Waals surface area contributed by atoms with Gasteiger partial charge < -0.3 is 4.52 Å². The molecular weight excluding hydrogens is 216 g/mol. The maximum Gasteiger partial charge on any atom is 0.246 e. The third-order valence-electron chi connectivity index (χ3n) is 2.21. The molecule has 0 aliphatic heterocycles. The van der Waals surface area contributed by atoms with E-state index in [2.05, 4.69) is 9.88 Å². The summed E-state index contributed by atoms with van der Waals surface area (Å²) in [4.78, 5) is 0.155. The van der Waals surface area contributed by atoms with E-state index in [4.69, 9.17) is 4.52 Å². The number of hydrogen-bond donors (Lipinski definition) is 1. The second-order valence-corrected chi connectivity index (χ2v) is 5.23. The molecule has 1 atom stereocenters. The van der Waals surface area contributed by atoms with E-state index in [0.29, 0.717) is 11.5 Å². The normalized spacial score (nSPS) is 14.1. The van der Waals surface area contributed by atoms with Crippen molar-refractivity contribution in [1.82, 2.24) is 9.88 Å². The van der Waals surface area contributed by atoms with Gasteiger partial charge in [-0.05, 0) is 27.2 Å². The second-order valence-electron chi connectivity index (χ2n) is 3.58. The molecule has 0 amide bonds. The van der Waals surface area contributed by atoms with Gasteiger partial charge in [0.25, 0.3) is 0 Å². The molecule has 0 radical (unpaired) electrons. The van der Waals surface area contributed by atoms with Gasteiger partial charge in [0.2, 0.25) is 10.0 Å². The minimum Gasteiger partial charge on any atom is -0.360 e. The topological polar surface area (TPSA) is 72.2 Å². The Balaban J connectivity index is 3.07. The van der Waals surface area contributed by atoms with Crippen LogP contribution in [0.15, 0.2) is 9.42 Å². The fourth-order valence-corrected chi connectivity index (χ4v) is 2.92. The lowest BCUT2D eigenvalue weighted by Crippen LogP contribution is -2.32. The Morgan fingerprint density at radius 1 is 1.47 bits per heavy atom. The van der Waals surface area contributed by atoms with E-state index >= 15 is 0 Å². The van der Waals surface area contributed by atoms with Crippen molar-refractivity contribution in [1.29, 1.82) is 0 Å². The highest BCUT2D eigenvalue weighted by Gasteiger charge is 2.24. The molecule has 6 heteroatoms. The molecule has 0 bridgehead atoms. The zero-order chi connectivity index (χ0) is 11.6. The number of aryl methyl sites for hydroxylation is 2. The Labute approximate surface area is 89.9 Å². The summed E-state index contributed by atoms with van der Waals surface area (Å²) in [5.74, 6) is 0.323. The number of rotatable bonds is 4. The summed E-state index contributed by atoms with van der Waals surface area (Å²) >= 11 is 0. The van der Waals surface area contributed by atoms with Gasteiger partial charge in [0.15, 0.2) is 5.76 Å². The van der Waals surface area contributed by atoms with Gasteiger partial charge >= 0.3 is 0 Å². The van der Waals surface area contributed by atoms with Crippen LogP contribution in [0.1, 0.15) is 31.7 Å². The molecule has 1 heterocycles. The molecule has 1 aromatic heterocycles. The fourth-order valence-electron chi connectivity index (χ4n) is 1.27. The first-order chi connectivity index (χ1) is 6.88. The summed E-state index contributed by atoms with van der Waals surface area (Å²) in [6.45, 7) is 6.93. The number of aromatic nitrogens is 1. The van der Waals surface area contributed by atoms with Crippen molar-refractivity contribution in [2.75, 3.05) is 0 Å². The predicted octanol–water partition coefficient (Wildman–Crippen LogP) is 1.37. The largest absolute Gasteiger partial charge is 0.360 e. The highest BCUT2D eigenvalue weighted by atomic mass is 32.2. The van der Waals surface area contributed by atoms with Crippen LogP contribution in [0.5, 0.6) is 0 Å². The lowest BCUT2D eigenvalue weighted by molar-refractivity contribution is 0.390. The van der Waals surface area contributed by atoms with Crippen molar-refractivity contribution in [3.05, 3.63) is 11.5 Å². The molecular formula is C9H16N2O3S. The van der Waals surface area contributed by atoms with Crippen molar-refractivity contribution in [2.24, 2.45) is 0 Å². The van der Waals surface area contributed by atoms with E-state index in [-0.39, 0.29) is 10.9 Å². The molecule has 86 valence electrons. The van der Waals surface area contributed by atoms with Gasteiger partial charge in [-0.2, -0.15) is 0 Å². The van der Waals surface area contributed by atoms with E-state index in [1.807, 2.05) is 13.8 Å². The lowest BCUT2D eigenvalue weighted by atomic mass is 10.3. The maximum atomic E-state index is 11.9. The van der Waals surface area contributed by atoms with Crippen molar-refractivity contribution in [3.8, 4) is 0 Å². The summed E-state index contributed by atoms with van der Waals surface area (Å²) in [6.07, 6.45) is 0.739. The summed E-state index contributed by atoms with van der Waals surface area (Å²) in [5, 5.41) is 3.62. The Morgan fingerprint density at radius 2 is 2.07 bits per heavy atom. The Morgan fingerprint density at radius 3 is 2.47 bits per heavy atom. The summed E-state index contributed by atoms with van der Waals surface area (Å²) < 4.78 is 31.2. The van der Waals surface area contributed by atoms with Gasteiger partial charge in [0.1, 0.15) is 10.6 Å². The van der Waals surface area contributed by atoms with Crippen LogP contribution in [0.3, 0.4) is 0 Å². The molecule has 0 saturated carbocycles. The minimum atomic E-state index is -3.50. The molecule has 1 N–H and O–H groups in total. The zero-order valence-corrected chi connectivity index (χ0v) is 10.2. The van der Waals surface area contributed by atoms with Gasteiger partial charge in [0.05, 0.1) is 0 Å². The monoisotopic (exact) mass is 232 g/mol. The first-order valence-corrected chi connectivity index (χ1v) is 6.32.